The first-order valence-corrected chi connectivity index (χ1v) is 7.74. The van der Waals surface area contributed by atoms with Crippen LogP contribution in [-0.2, 0) is 11.3 Å². The molecule has 0 aliphatic heterocycles. The molecule has 0 spiro atoms. The van der Waals surface area contributed by atoms with Crippen molar-refractivity contribution in [2.45, 2.75) is 6.61 Å². The first-order valence-electron chi connectivity index (χ1n) is 6.86. The highest BCUT2D eigenvalue weighted by Crippen LogP contribution is 2.26. The number of ether oxygens (including phenoxy) is 1. The molecule has 0 aliphatic rings. The second-order valence-electron chi connectivity index (χ2n) is 5.01. The molecule has 0 unspecified atom stereocenters. The van der Waals surface area contributed by atoms with Crippen molar-refractivity contribution in [2.24, 2.45) is 0 Å². The highest BCUT2D eigenvalue weighted by atomic mass is 32.1. The van der Waals surface area contributed by atoms with Crippen LogP contribution in [0.5, 0.6) is 0 Å². The molecule has 0 aliphatic carbocycles. The zero-order valence-electron chi connectivity index (χ0n) is 11.6. The van der Waals surface area contributed by atoms with Crippen LogP contribution >= 0.6 is 11.3 Å². The molecule has 0 radical (unpaired) electrons. The normalized spacial score (nSPS) is 11.1. The minimum atomic E-state index is -0.327. The molecule has 2 heterocycles. The van der Waals surface area contributed by atoms with E-state index in [1.165, 1.54) is 4.70 Å². The number of nitrogens with zero attached hydrogens (tertiary/aromatic N) is 1. The number of thiophene rings is 1. The van der Waals surface area contributed by atoms with Crippen LogP contribution in [0.2, 0.25) is 0 Å². The Morgan fingerprint density at radius 3 is 3.09 bits per heavy atom. The van der Waals surface area contributed by atoms with Gasteiger partial charge in [0.2, 0.25) is 0 Å². The number of carbonyl (C=O) groups excluding carboxylic acids is 1. The molecule has 2 aromatic carbocycles. The van der Waals surface area contributed by atoms with E-state index in [2.05, 4.69) is 16.3 Å². The minimum Gasteiger partial charge on any atom is -0.457 e. The van der Waals surface area contributed by atoms with Crippen LogP contribution in [0, 0.1) is 0 Å². The van der Waals surface area contributed by atoms with Gasteiger partial charge in [0.05, 0.1) is 17.3 Å². The van der Waals surface area contributed by atoms with Crippen LogP contribution in [0.25, 0.3) is 21.0 Å². The summed E-state index contributed by atoms with van der Waals surface area (Å²) in [5, 5.41) is 11.0. The molecule has 1 N–H and O–H groups in total. The number of nitrogens with one attached hydrogen (secondary N) is 1. The maximum atomic E-state index is 12.2. The molecule has 0 saturated heterocycles. The number of carbonyl (C=O) groups is 1. The third-order valence-electron chi connectivity index (χ3n) is 3.60. The van der Waals surface area contributed by atoms with E-state index in [1.54, 1.807) is 29.7 Å². The second-order valence-corrected chi connectivity index (χ2v) is 5.92. The van der Waals surface area contributed by atoms with Crippen molar-refractivity contribution in [3.63, 3.8) is 0 Å². The fourth-order valence-electron chi connectivity index (χ4n) is 2.44. The average Bonchev–Trinajstić information content (AvgIpc) is 3.18. The SMILES string of the molecule is O=C(OCc1csc2ccccc12)c1ccc2cn[nH]c2c1. The van der Waals surface area contributed by atoms with Crippen LogP contribution < -0.4 is 0 Å². The van der Waals surface area contributed by atoms with Gasteiger partial charge in [0, 0.05) is 15.6 Å². The summed E-state index contributed by atoms with van der Waals surface area (Å²) in [5.74, 6) is -0.327. The van der Waals surface area contributed by atoms with E-state index in [4.69, 9.17) is 4.74 Å². The van der Waals surface area contributed by atoms with Gasteiger partial charge < -0.3 is 4.74 Å². The number of hydrogen-bond donors (Lipinski definition) is 1. The van der Waals surface area contributed by atoms with E-state index in [9.17, 15) is 4.79 Å². The van der Waals surface area contributed by atoms with Gasteiger partial charge in [-0.1, -0.05) is 24.3 Å². The van der Waals surface area contributed by atoms with Gasteiger partial charge >= 0.3 is 5.97 Å². The standard InChI is InChI=1S/C17H12N2O2S/c20-17(11-5-6-12-8-18-19-15(12)7-11)21-9-13-10-22-16-4-2-1-3-14(13)16/h1-8,10H,9H2,(H,18,19). The quantitative estimate of drug-likeness (QED) is 0.579. The third kappa shape index (κ3) is 2.25. The Bertz CT molecular complexity index is 971. The summed E-state index contributed by atoms with van der Waals surface area (Å²) in [6.45, 7) is 0.282. The summed E-state index contributed by atoms with van der Waals surface area (Å²) in [6, 6.07) is 13.5. The number of hydrogen-bond acceptors (Lipinski definition) is 4. The van der Waals surface area contributed by atoms with Crippen molar-refractivity contribution in [1.82, 2.24) is 10.2 Å². The summed E-state index contributed by atoms with van der Waals surface area (Å²) in [5.41, 5.74) is 2.39. The first kappa shape index (κ1) is 13.0. The number of rotatable bonds is 3. The Labute approximate surface area is 130 Å². The lowest BCUT2D eigenvalue weighted by Gasteiger charge is -2.04. The van der Waals surface area contributed by atoms with Gasteiger partial charge in [-0.15, -0.1) is 11.3 Å². The summed E-state index contributed by atoms with van der Waals surface area (Å²) < 4.78 is 6.64. The van der Waals surface area contributed by atoms with Gasteiger partial charge in [-0.3, -0.25) is 5.10 Å². The van der Waals surface area contributed by atoms with E-state index in [1.807, 2.05) is 29.6 Å². The Morgan fingerprint density at radius 2 is 2.14 bits per heavy atom. The number of aromatic amines is 1. The zero-order valence-corrected chi connectivity index (χ0v) is 12.4. The average molecular weight is 308 g/mol. The van der Waals surface area contributed by atoms with Crippen molar-refractivity contribution in [3.8, 4) is 0 Å². The maximum Gasteiger partial charge on any atom is 0.338 e. The molecule has 4 rings (SSSR count). The summed E-state index contributed by atoms with van der Waals surface area (Å²) in [6.07, 6.45) is 1.72. The maximum absolute atomic E-state index is 12.2. The van der Waals surface area contributed by atoms with Crippen molar-refractivity contribution >= 4 is 38.3 Å². The van der Waals surface area contributed by atoms with Gasteiger partial charge in [-0.05, 0) is 29.0 Å². The van der Waals surface area contributed by atoms with Crippen molar-refractivity contribution in [2.75, 3.05) is 0 Å². The lowest BCUT2D eigenvalue weighted by Crippen LogP contribution is -2.04. The second kappa shape index (κ2) is 5.27. The van der Waals surface area contributed by atoms with Crippen LogP contribution in [0.15, 0.2) is 54.0 Å². The van der Waals surface area contributed by atoms with Crippen LogP contribution in [0.4, 0.5) is 0 Å². The summed E-state index contributed by atoms with van der Waals surface area (Å²) in [7, 11) is 0. The smallest absolute Gasteiger partial charge is 0.338 e. The lowest BCUT2D eigenvalue weighted by atomic mass is 10.1. The highest BCUT2D eigenvalue weighted by molar-refractivity contribution is 7.17. The first-order chi connectivity index (χ1) is 10.8. The number of H-pyrrole nitrogens is 1. The van der Waals surface area contributed by atoms with E-state index in [0.717, 1.165) is 21.9 Å². The molecule has 4 aromatic rings. The van der Waals surface area contributed by atoms with Crippen LogP contribution in [-0.4, -0.2) is 16.2 Å². The van der Waals surface area contributed by atoms with Gasteiger partial charge in [0.15, 0.2) is 0 Å². The molecule has 4 nitrogen and oxygen atoms in total. The van der Waals surface area contributed by atoms with Gasteiger partial charge in [-0.25, -0.2) is 4.79 Å². The molecule has 22 heavy (non-hydrogen) atoms. The third-order valence-corrected chi connectivity index (χ3v) is 4.61. The highest BCUT2D eigenvalue weighted by Gasteiger charge is 2.11. The zero-order chi connectivity index (χ0) is 14.9. The molecule has 108 valence electrons. The predicted molar refractivity (Wildman–Crippen MR) is 87.0 cm³/mol. The van der Waals surface area contributed by atoms with Crippen molar-refractivity contribution in [3.05, 3.63) is 65.2 Å². The minimum absolute atomic E-state index is 0.282. The Balaban J connectivity index is 1.54. The van der Waals surface area contributed by atoms with E-state index < -0.39 is 0 Å². The molecule has 0 amide bonds. The lowest BCUT2D eigenvalue weighted by molar-refractivity contribution is 0.0475. The Morgan fingerprint density at radius 1 is 1.23 bits per heavy atom. The van der Waals surface area contributed by atoms with E-state index >= 15 is 0 Å². The predicted octanol–water partition coefficient (Wildman–Crippen LogP) is 4.13. The molecule has 0 atom stereocenters. The molecule has 0 fully saturated rings. The molecule has 0 saturated carbocycles. The number of esters is 1. The molecule has 0 bridgehead atoms. The number of fused-ring (bicyclic) bond motifs is 2. The number of aromatic nitrogens is 2. The Hall–Kier alpha value is -2.66. The fourth-order valence-corrected chi connectivity index (χ4v) is 3.38. The van der Waals surface area contributed by atoms with E-state index in [-0.39, 0.29) is 12.6 Å². The summed E-state index contributed by atoms with van der Waals surface area (Å²) in [4.78, 5) is 12.2. The van der Waals surface area contributed by atoms with Crippen LogP contribution in [0.1, 0.15) is 15.9 Å². The van der Waals surface area contributed by atoms with Gasteiger partial charge in [-0.2, -0.15) is 5.10 Å². The van der Waals surface area contributed by atoms with Gasteiger partial charge in [0.25, 0.3) is 0 Å². The molecular weight excluding hydrogens is 296 g/mol. The Kier molecular flexibility index (Phi) is 3.12. The number of benzene rings is 2. The topological polar surface area (TPSA) is 55.0 Å². The van der Waals surface area contributed by atoms with Crippen molar-refractivity contribution in [1.29, 1.82) is 0 Å². The van der Waals surface area contributed by atoms with E-state index in [0.29, 0.717) is 5.56 Å². The molecule has 5 heteroatoms. The van der Waals surface area contributed by atoms with Crippen molar-refractivity contribution < 1.29 is 9.53 Å². The van der Waals surface area contributed by atoms with Crippen LogP contribution in [0.3, 0.4) is 0 Å². The fraction of sp³-hybridized carbons (Fsp3) is 0.0588. The van der Waals surface area contributed by atoms with Gasteiger partial charge in [0.1, 0.15) is 6.61 Å². The molecular formula is C17H12N2O2S. The summed E-state index contributed by atoms with van der Waals surface area (Å²) >= 11 is 1.66. The molecule has 2 aromatic heterocycles. The largest absolute Gasteiger partial charge is 0.457 e. The monoisotopic (exact) mass is 308 g/mol.